The normalized spacial score (nSPS) is 15.0. The molecule has 0 fully saturated rings. The second kappa shape index (κ2) is 22.2. The van der Waals surface area contributed by atoms with E-state index in [1.54, 1.807) is 13.8 Å². The molecule has 4 atom stereocenters. The van der Waals surface area contributed by atoms with Crippen LogP contribution in [0.4, 0.5) is 0 Å². The minimum Gasteiger partial charge on any atom is -0.489 e. The maximum absolute atomic E-state index is 11.7. The van der Waals surface area contributed by atoms with E-state index in [0.717, 1.165) is 79.8 Å². The van der Waals surface area contributed by atoms with E-state index >= 15 is 0 Å². The summed E-state index contributed by atoms with van der Waals surface area (Å²) in [6.45, 7) is 4.37. The Kier molecular flexibility index (Phi) is 15.8. The summed E-state index contributed by atoms with van der Waals surface area (Å²) in [7, 11) is 1.39. The van der Waals surface area contributed by atoms with Crippen molar-refractivity contribution in [1.29, 1.82) is 0 Å². The molecule has 0 radical (unpaired) electrons. The summed E-state index contributed by atoms with van der Waals surface area (Å²) in [5, 5.41) is 10.5. The monoisotopic (exact) mass is 906 g/mol. The lowest BCUT2D eigenvalue weighted by atomic mass is 9.96. The minimum absolute atomic E-state index is 0.00375. The number of carboxylic acids is 1. The lowest BCUT2D eigenvalue weighted by Gasteiger charge is -2.12. The topological polar surface area (TPSA) is 101 Å². The molecular formula is C55H48Cl2O8. The van der Waals surface area contributed by atoms with Gasteiger partial charge < -0.3 is 28.8 Å². The van der Waals surface area contributed by atoms with Gasteiger partial charge in [0.25, 0.3) is 0 Å². The van der Waals surface area contributed by atoms with Crippen LogP contribution in [0.5, 0.6) is 23.0 Å². The molecule has 0 bridgehead atoms. The molecule has 2 aliphatic heterocycles. The Morgan fingerprint density at radius 2 is 1.03 bits per heavy atom. The second-order valence-corrected chi connectivity index (χ2v) is 16.5. The summed E-state index contributed by atoms with van der Waals surface area (Å²) in [5.74, 6) is 13.4. The first-order valence-corrected chi connectivity index (χ1v) is 22.0. The molecule has 10 heteroatoms. The van der Waals surface area contributed by atoms with E-state index in [9.17, 15) is 9.59 Å². The van der Waals surface area contributed by atoms with Gasteiger partial charge in [-0.2, -0.15) is 0 Å². The van der Waals surface area contributed by atoms with Crippen LogP contribution in [0.2, 0.25) is 10.0 Å². The number of carbonyl (C=O) groups excluding carboxylic acids is 1. The summed E-state index contributed by atoms with van der Waals surface area (Å²) >= 11 is 12.0. The number of aliphatic carboxylic acids is 1. The highest BCUT2D eigenvalue weighted by Gasteiger charge is 2.26. The predicted octanol–water partition coefficient (Wildman–Crippen LogP) is 12.4. The number of carbonyl (C=O) groups is 2. The number of esters is 1. The standard InChI is InChI=1S/C28H25ClO4.C27H23ClO4/c1-3-4-22(17-28(30)31-2)20-8-12-25(13-9-20)32-18-19-5-14-26-23(15-19)16-27(33-26)21-6-10-24(29)11-7-21;1-2-3-21(16-27(29)30)19-7-11-24(12-8-19)31-17-18-4-13-25-22(14-18)15-26(32-25)20-5-9-23(28)10-6-20/h5-15,22,27H,16-18H2,1-2H3;4-14,21,26H,15-17H2,1H3,(H,29,30)/t22-,27-;21-,26-/m00/s1. The van der Waals surface area contributed by atoms with Gasteiger partial charge in [-0.05, 0) is 131 Å². The summed E-state index contributed by atoms with van der Waals surface area (Å²) in [5.41, 5.74) is 8.55. The van der Waals surface area contributed by atoms with Gasteiger partial charge in [0.15, 0.2) is 0 Å². The van der Waals surface area contributed by atoms with Gasteiger partial charge in [0.05, 0.1) is 31.8 Å². The summed E-state index contributed by atoms with van der Waals surface area (Å²) < 4.78 is 28.9. The van der Waals surface area contributed by atoms with Crippen LogP contribution in [0.3, 0.4) is 0 Å². The fraction of sp³-hybridized carbons (Fsp3) is 0.236. The van der Waals surface area contributed by atoms with Gasteiger partial charge in [-0.1, -0.05) is 95.7 Å². The number of fused-ring (bicyclic) bond motifs is 2. The predicted molar refractivity (Wildman–Crippen MR) is 253 cm³/mol. The fourth-order valence-corrected chi connectivity index (χ4v) is 7.97. The first-order valence-electron chi connectivity index (χ1n) is 21.2. The van der Waals surface area contributed by atoms with Crippen molar-refractivity contribution in [2.45, 2.75) is 76.8 Å². The van der Waals surface area contributed by atoms with Gasteiger partial charge in [-0.3, -0.25) is 9.59 Å². The van der Waals surface area contributed by atoms with E-state index in [1.165, 1.54) is 12.7 Å². The molecule has 8 nitrogen and oxygen atoms in total. The molecule has 65 heavy (non-hydrogen) atoms. The maximum Gasteiger partial charge on any atom is 0.307 e. The number of benzene rings is 6. The maximum atomic E-state index is 11.7. The van der Waals surface area contributed by atoms with E-state index in [4.69, 9.17) is 52.0 Å². The molecule has 6 aromatic carbocycles. The molecule has 0 aliphatic carbocycles. The van der Waals surface area contributed by atoms with Crippen LogP contribution < -0.4 is 18.9 Å². The van der Waals surface area contributed by atoms with E-state index in [1.807, 2.05) is 121 Å². The van der Waals surface area contributed by atoms with Crippen molar-refractivity contribution in [2.75, 3.05) is 7.11 Å². The summed E-state index contributed by atoms with van der Waals surface area (Å²) in [4.78, 5) is 22.7. The quantitative estimate of drug-likeness (QED) is 0.0852. The van der Waals surface area contributed by atoms with Crippen LogP contribution >= 0.6 is 23.2 Å². The molecule has 0 amide bonds. The van der Waals surface area contributed by atoms with Crippen LogP contribution in [0.25, 0.3) is 0 Å². The van der Waals surface area contributed by atoms with Gasteiger partial charge >= 0.3 is 11.9 Å². The zero-order valence-electron chi connectivity index (χ0n) is 36.3. The molecule has 1 N–H and O–H groups in total. The molecule has 8 rings (SSSR count). The van der Waals surface area contributed by atoms with Crippen LogP contribution in [0.1, 0.15) is 95.2 Å². The molecule has 2 heterocycles. The molecule has 0 spiro atoms. The Labute approximate surface area is 390 Å². The van der Waals surface area contributed by atoms with Gasteiger partial charge in [0.2, 0.25) is 0 Å². The van der Waals surface area contributed by atoms with Crippen LogP contribution in [-0.4, -0.2) is 24.2 Å². The first-order chi connectivity index (χ1) is 31.6. The van der Waals surface area contributed by atoms with Gasteiger partial charge in [0, 0.05) is 22.9 Å². The summed E-state index contributed by atoms with van der Waals surface area (Å²) in [6.07, 6.45) is 1.84. The smallest absolute Gasteiger partial charge is 0.307 e. The molecule has 2 aliphatic rings. The second-order valence-electron chi connectivity index (χ2n) is 15.6. The Hall–Kier alpha value is -6.84. The highest BCUT2D eigenvalue weighted by molar-refractivity contribution is 6.30. The van der Waals surface area contributed by atoms with Crippen LogP contribution in [-0.2, 0) is 40.4 Å². The van der Waals surface area contributed by atoms with Gasteiger partial charge in [-0.25, -0.2) is 0 Å². The largest absolute Gasteiger partial charge is 0.489 e. The molecule has 0 saturated carbocycles. The van der Waals surface area contributed by atoms with Crippen molar-refractivity contribution < 1.29 is 38.4 Å². The fourth-order valence-electron chi connectivity index (χ4n) is 7.71. The Morgan fingerprint density at radius 1 is 0.615 bits per heavy atom. The van der Waals surface area contributed by atoms with E-state index in [2.05, 4.69) is 35.8 Å². The zero-order valence-corrected chi connectivity index (χ0v) is 37.8. The molecule has 0 unspecified atom stereocenters. The highest BCUT2D eigenvalue weighted by Crippen LogP contribution is 2.39. The van der Waals surface area contributed by atoms with Crippen LogP contribution in [0.15, 0.2) is 133 Å². The SMILES string of the molecule is CC#C[C@@H](CC(=O)O)c1ccc(OCc2ccc3c(c2)C[C@@H](c2ccc(Cl)cc2)O3)cc1.CC#C[C@@H](CC(=O)OC)c1ccc(OCc2ccc3c(c2)C[C@@H](c2ccc(Cl)cc2)O3)cc1. The average molecular weight is 908 g/mol. The number of ether oxygens (including phenoxy) is 5. The lowest BCUT2D eigenvalue weighted by molar-refractivity contribution is -0.141. The van der Waals surface area contributed by atoms with Crippen molar-refractivity contribution in [2.24, 2.45) is 0 Å². The van der Waals surface area contributed by atoms with E-state index < -0.39 is 5.97 Å². The third kappa shape index (κ3) is 12.7. The lowest BCUT2D eigenvalue weighted by Crippen LogP contribution is -2.07. The van der Waals surface area contributed by atoms with Crippen molar-refractivity contribution in [1.82, 2.24) is 0 Å². The molecule has 0 saturated heterocycles. The van der Waals surface area contributed by atoms with Crippen molar-refractivity contribution >= 4 is 35.1 Å². The van der Waals surface area contributed by atoms with Gasteiger partial charge in [0.1, 0.15) is 48.4 Å². The minimum atomic E-state index is -0.864. The number of hydrogen-bond donors (Lipinski definition) is 1. The Morgan fingerprint density at radius 3 is 1.42 bits per heavy atom. The van der Waals surface area contributed by atoms with Crippen molar-refractivity contribution in [3.8, 4) is 46.7 Å². The average Bonchev–Trinajstić information content (AvgIpc) is 3.95. The number of halogens is 2. The third-order valence-electron chi connectivity index (χ3n) is 11.1. The number of rotatable bonds is 14. The van der Waals surface area contributed by atoms with E-state index in [0.29, 0.717) is 18.2 Å². The number of methoxy groups -OCH3 is 1. The molecular weight excluding hydrogens is 860 g/mol. The highest BCUT2D eigenvalue weighted by atomic mass is 35.5. The molecule has 330 valence electrons. The Bertz CT molecular complexity index is 2710. The molecule has 6 aromatic rings. The van der Waals surface area contributed by atoms with Crippen molar-refractivity contribution in [3.05, 3.63) is 188 Å². The van der Waals surface area contributed by atoms with Crippen LogP contribution in [0, 0.1) is 23.7 Å². The molecule has 0 aromatic heterocycles. The number of carboxylic acid groups (broad SMARTS) is 1. The zero-order chi connectivity index (χ0) is 45.7. The Balaban J connectivity index is 0.000000194. The van der Waals surface area contributed by atoms with Gasteiger partial charge in [-0.15, -0.1) is 11.8 Å². The summed E-state index contributed by atoms with van der Waals surface area (Å²) in [6, 6.07) is 43.0. The first kappa shape index (κ1) is 46.2. The van der Waals surface area contributed by atoms with E-state index in [-0.39, 0.29) is 42.9 Å². The number of hydrogen-bond acceptors (Lipinski definition) is 7. The van der Waals surface area contributed by atoms with Crippen molar-refractivity contribution in [3.63, 3.8) is 0 Å². The third-order valence-corrected chi connectivity index (χ3v) is 11.6.